The van der Waals surface area contributed by atoms with E-state index in [1.54, 1.807) is 0 Å². The molecule has 22 heavy (non-hydrogen) atoms. The van der Waals surface area contributed by atoms with Gasteiger partial charge in [-0.25, -0.2) is 9.78 Å². The van der Waals surface area contributed by atoms with Gasteiger partial charge in [-0.15, -0.1) is 11.3 Å². The number of aryl methyl sites for hydroxylation is 2. The molecule has 118 valence electrons. The first-order chi connectivity index (χ1) is 10.4. The number of carbonyl (C=O) groups excluding carboxylic acids is 2. The van der Waals surface area contributed by atoms with Crippen molar-refractivity contribution in [1.29, 1.82) is 0 Å². The number of carbonyl (C=O) groups is 2. The first-order valence-electron chi connectivity index (χ1n) is 6.96. The number of nitrogens with zero attached hydrogens (tertiary/aromatic N) is 2. The number of fused-ring (bicyclic) bond motifs is 1. The molecule has 2 aromatic heterocycles. The molecule has 2 N–H and O–H groups in total. The molecule has 0 spiro atoms. The van der Waals surface area contributed by atoms with Crippen molar-refractivity contribution in [2.24, 2.45) is 0 Å². The lowest BCUT2D eigenvalue weighted by atomic mass is 10.2. The SMILES string of the molecule is CCCNC(=O)NC(=O)Cn1cnc2sc(C)c(C)c2c1=O. The fraction of sp³-hybridized carbons (Fsp3) is 0.429. The molecule has 0 radical (unpaired) electrons. The maximum Gasteiger partial charge on any atom is 0.321 e. The third kappa shape index (κ3) is 3.33. The molecule has 0 unspecified atom stereocenters. The highest BCUT2D eigenvalue weighted by atomic mass is 32.1. The van der Waals surface area contributed by atoms with Gasteiger partial charge in [-0.3, -0.25) is 19.5 Å². The van der Waals surface area contributed by atoms with Crippen molar-refractivity contribution in [2.75, 3.05) is 6.54 Å². The summed E-state index contributed by atoms with van der Waals surface area (Å²) in [4.78, 5) is 41.5. The molecular weight excluding hydrogens is 304 g/mol. The summed E-state index contributed by atoms with van der Waals surface area (Å²) >= 11 is 1.45. The number of imide groups is 1. The van der Waals surface area contributed by atoms with Crippen LogP contribution in [0.25, 0.3) is 10.2 Å². The fourth-order valence-corrected chi connectivity index (χ4v) is 2.97. The number of hydrogen-bond donors (Lipinski definition) is 2. The van der Waals surface area contributed by atoms with Crippen LogP contribution < -0.4 is 16.2 Å². The molecule has 0 saturated carbocycles. The van der Waals surface area contributed by atoms with Crippen molar-refractivity contribution in [3.05, 3.63) is 27.1 Å². The lowest BCUT2D eigenvalue weighted by molar-refractivity contribution is -0.120. The highest BCUT2D eigenvalue weighted by Gasteiger charge is 2.14. The number of aromatic nitrogens is 2. The van der Waals surface area contributed by atoms with Crippen molar-refractivity contribution in [1.82, 2.24) is 20.2 Å². The average Bonchev–Trinajstić information content (AvgIpc) is 2.75. The van der Waals surface area contributed by atoms with E-state index in [2.05, 4.69) is 15.6 Å². The van der Waals surface area contributed by atoms with Crippen LogP contribution in [-0.4, -0.2) is 28.0 Å². The summed E-state index contributed by atoms with van der Waals surface area (Å²) in [6.07, 6.45) is 2.11. The summed E-state index contributed by atoms with van der Waals surface area (Å²) in [5.41, 5.74) is 0.615. The Morgan fingerprint density at radius 2 is 2.09 bits per heavy atom. The number of nitrogens with one attached hydrogen (secondary N) is 2. The largest absolute Gasteiger partial charge is 0.338 e. The van der Waals surface area contributed by atoms with E-state index in [1.165, 1.54) is 22.2 Å². The first-order valence-corrected chi connectivity index (χ1v) is 7.78. The van der Waals surface area contributed by atoms with Crippen molar-refractivity contribution >= 4 is 33.5 Å². The highest BCUT2D eigenvalue weighted by molar-refractivity contribution is 7.18. The average molecular weight is 322 g/mol. The molecule has 0 atom stereocenters. The monoisotopic (exact) mass is 322 g/mol. The van der Waals surface area contributed by atoms with E-state index in [0.29, 0.717) is 16.8 Å². The smallest absolute Gasteiger partial charge is 0.321 e. The van der Waals surface area contributed by atoms with Gasteiger partial charge in [0.1, 0.15) is 11.4 Å². The standard InChI is InChI=1S/C14H18N4O3S/c1-4-5-15-14(21)17-10(19)6-18-7-16-12-11(13(18)20)8(2)9(3)22-12/h7H,4-6H2,1-3H3,(H2,15,17,19,21). The molecule has 0 aromatic carbocycles. The van der Waals surface area contributed by atoms with Crippen molar-refractivity contribution in [3.63, 3.8) is 0 Å². The second kappa shape index (κ2) is 6.69. The normalized spacial score (nSPS) is 10.7. The maximum absolute atomic E-state index is 12.4. The van der Waals surface area contributed by atoms with Crippen molar-refractivity contribution in [2.45, 2.75) is 33.7 Å². The van der Waals surface area contributed by atoms with Gasteiger partial charge in [-0.05, 0) is 25.8 Å². The van der Waals surface area contributed by atoms with Gasteiger partial charge in [-0.2, -0.15) is 0 Å². The Hall–Kier alpha value is -2.22. The quantitative estimate of drug-likeness (QED) is 0.887. The van der Waals surface area contributed by atoms with Crippen LogP contribution in [0, 0.1) is 13.8 Å². The van der Waals surface area contributed by atoms with Gasteiger partial charge in [-0.1, -0.05) is 6.92 Å². The van der Waals surface area contributed by atoms with Crippen molar-refractivity contribution in [3.8, 4) is 0 Å². The number of amides is 3. The number of hydrogen-bond acceptors (Lipinski definition) is 5. The van der Waals surface area contributed by atoms with Crippen LogP contribution >= 0.6 is 11.3 Å². The van der Waals surface area contributed by atoms with Crippen LogP contribution in [0.5, 0.6) is 0 Å². The fourth-order valence-electron chi connectivity index (χ4n) is 1.99. The molecule has 2 aromatic rings. The molecule has 3 amide bonds. The van der Waals surface area contributed by atoms with E-state index in [9.17, 15) is 14.4 Å². The van der Waals surface area contributed by atoms with Gasteiger partial charge in [0.15, 0.2) is 0 Å². The summed E-state index contributed by atoms with van der Waals surface area (Å²) < 4.78 is 1.21. The zero-order chi connectivity index (χ0) is 16.3. The third-order valence-electron chi connectivity index (χ3n) is 3.26. The molecule has 0 aliphatic heterocycles. The van der Waals surface area contributed by atoms with Crippen LogP contribution in [0.15, 0.2) is 11.1 Å². The lowest BCUT2D eigenvalue weighted by Gasteiger charge is -2.07. The van der Waals surface area contributed by atoms with E-state index in [0.717, 1.165) is 16.9 Å². The van der Waals surface area contributed by atoms with Gasteiger partial charge < -0.3 is 5.32 Å². The van der Waals surface area contributed by atoms with Crippen molar-refractivity contribution < 1.29 is 9.59 Å². The first kappa shape index (κ1) is 16.2. The second-order valence-corrected chi connectivity index (χ2v) is 6.15. The Morgan fingerprint density at radius 3 is 2.77 bits per heavy atom. The molecule has 2 rings (SSSR count). The van der Waals surface area contributed by atoms with E-state index in [4.69, 9.17) is 0 Å². The van der Waals surface area contributed by atoms with Gasteiger partial charge >= 0.3 is 6.03 Å². The molecule has 0 aliphatic rings. The van der Waals surface area contributed by atoms with Crippen LogP contribution in [0.4, 0.5) is 4.79 Å². The summed E-state index contributed by atoms with van der Waals surface area (Å²) in [6.45, 7) is 5.94. The van der Waals surface area contributed by atoms with Crippen LogP contribution in [0.3, 0.4) is 0 Å². The number of thiophene rings is 1. The predicted molar refractivity (Wildman–Crippen MR) is 85.2 cm³/mol. The van der Waals surface area contributed by atoms with E-state index in [-0.39, 0.29) is 12.1 Å². The zero-order valence-electron chi connectivity index (χ0n) is 12.7. The second-order valence-electron chi connectivity index (χ2n) is 4.95. The van der Waals surface area contributed by atoms with Gasteiger partial charge in [0.25, 0.3) is 5.56 Å². The minimum atomic E-state index is -0.559. The summed E-state index contributed by atoms with van der Waals surface area (Å²) in [5.74, 6) is -0.554. The topological polar surface area (TPSA) is 93.1 Å². The molecule has 0 fully saturated rings. The van der Waals surface area contributed by atoms with Crippen LogP contribution in [0.1, 0.15) is 23.8 Å². The summed E-state index contributed by atoms with van der Waals surface area (Å²) in [5, 5.41) is 5.25. The van der Waals surface area contributed by atoms with E-state index < -0.39 is 11.9 Å². The Balaban J connectivity index is 2.16. The van der Waals surface area contributed by atoms with Crippen LogP contribution in [-0.2, 0) is 11.3 Å². The predicted octanol–water partition coefficient (Wildman–Crippen LogP) is 1.31. The Morgan fingerprint density at radius 1 is 1.36 bits per heavy atom. The van der Waals surface area contributed by atoms with E-state index in [1.807, 2.05) is 20.8 Å². The molecule has 0 aliphatic carbocycles. The number of rotatable bonds is 4. The molecule has 0 bridgehead atoms. The molecule has 7 nitrogen and oxygen atoms in total. The minimum Gasteiger partial charge on any atom is -0.338 e. The van der Waals surface area contributed by atoms with Gasteiger partial charge in [0.05, 0.1) is 11.7 Å². The molecule has 8 heteroatoms. The summed E-state index contributed by atoms with van der Waals surface area (Å²) in [7, 11) is 0. The minimum absolute atomic E-state index is 0.240. The number of urea groups is 1. The van der Waals surface area contributed by atoms with E-state index >= 15 is 0 Å². The van der Waals surface area contributed by atoms with Gasteiger partial charge in [0, 0.05) is 11.4 Å². The molecule has 2 heterocycles. The van der Waals surface area contributed by atoms with Gasteiger partial charge in [0.2, 0.25) is 5.91 Å². The van der Waals surface area contributed by atoms with Crippen LogP contribution in [0.2, 0.25) is 0 Å². The Labute approximate surface area is 131 Å². The lowest BCUT2D eigenvalue weighted by Crippen LogP contribution is -2.42. The zero-order valence-corrected chi connectivity index (χ0v) is 13.5. The third-order valence-corrected chi connectivity index (χ3v) is 4.37. The Bertz CT molecular complexity index is 778. The Kier molecular flexibility index (Phi) is 4.92. The molecular formula is C14H18N4O3S. The molecule has 0 saturated heterocycles. The summed E-state index contributed by atoms with van der Waals surface area (Å²) in [6, 6.07) is -0.559. The highest BCUT2D eigenvalue weighted by Crippen LogP contribution is 2.25. The maximum atomic E-state index is 12.4.